The highest BCUT2D eigenvalue weighted by atomic mass is 35.5. The molecule has 0 fully saturated rings. The number of anilines is 1. The number of hydrogen-bond acceptors (Lipinski definition) is 3. The monoisotopic (exact) mass is 415 g/mol. The van der Waals surface area contributed by atoms with Crippen molar-refractivity contribution in [1.29, 1.82) is 0 Å². The molecule has 0 heterocycles. The summed E-state index contributed by atoms with van der Waals surface area (Å²) in [7, 11) is 0. The smallest absolute Gasteiger partial charge is 0.262 e. The zero-order valence-corrected chi connectivity index (χ0v) is 17.6. The molecule has 4 rings (SSSR count). The number of halogens is 1. The van der Waals surface area contributed by atoms with E-state index < -0.39 is 6.04 Å². The molecule has 0 saturated heterocycles. The topological polar surface area (TPSA) is 53.5 Å². The molecule has 4 nitrogen and oxygen atoms in total. The van der Waals surface area contributed by atoms with Crippen LogP contribution in [0.5, 0.6) is 0 Å². The Morgan fingerprint density at radius 3 is 2.23 bits per heavy atom. The quantitative estimate of drug-likeness (QED) is 0.242. The van der Waals surface area contributed by atoms with Crippen molar-refractivity contribution in [1.82, 2.24) is 5.43 Å². The Labute approximate surface area is 180 Å². The van der Waals surface area contributed by atoms with Crippen LogP contribution in [0.25, 0.3) is 21.5 Å². The van der Waals surface area contributed by atoms with Gasteiger partial charge in [0.2, 0.25) is 0 Å². The average molecular weight is 416 g/mol. The van der Waals surface area contributed by atoms with Gasteiger partial charge in [-0.25, -0.2) is 5.43 Å². The molecule has 0 aliphatic heterocycles. The van der Waals surface area contributed by atoms with E-state index in [2.05, 4.69) is 46.2 Å². The van der Waals surface area contributed by atoms with E-state index in [-0.39, 0.29) is 5.91 Å². The lowest BCUT2D eigenvalue weighted by Crippen LogP contribution is -2.35. The predicted molar refractivity (Wildman–Crippen MR) is 126 cm³/mol. The third kappa shape index (κ3) is 4.14. The van der Waals surface area contributed by atoms with E-state index in [4.69, 9.17) is 11.6 Å². The summed E-state index contributed by atoms with van der Waals surface area (Å²) in [6.45, 7) is 3.74. The highest BCUT2D eigenvalue weighted by Crippen LogP contribution is 2.27. The van der Waals surface area contributed by atoms with Gasteiger partial charge in [-0.3, -0.25) is 4.79 Å². The minimum atomic E-state index is -0.453. The maximum absolute atomic E-state index is 12.5. The zero-order valence-electron chi connectivity index (χ0n) is 16.8. The summed E-state index contributed by atoms with van der Waals surface area (Å²) in [4.78, 5) is 12.5. The number of hydrazone groups is 1. The Balaban J connectivity index is 1.55. The van der Waals surface area contributed by atoms with Crippen LogP contribution < -0.4 is 10.7 Å². The first-order chi connectivity index (χ1) is 14.5. The SMILES string of the molecule is Cc1cc(Cl)ccc1NC(C)C(=O)N/N=C/c1c2ccccc2cc2ccccc12. The van der Waals surface area contributed by atoms with Crippen molar-refractivity contribution in [3.05, 3.63) is 88.9 Å². The van der Waals surface area contributed by atoms with Crippen molar-refractivity contribution < 1.29 is 4.79 Å². The van der Waals surface area contributed by atoms with Crippen LogP contribution in [-0.2, 0) is 4.79 Å². The number of nitrogens with one attached hydrogen (secondary N) is 2. The highest BCUT2D eigenvalue weighted by molar-refractivity contribution is 6.30. The molecular formula is C25H22ClN3O. The standard InChI is InChI=1S/C25H22ClN3O/c1-16-13-20(26)11-12-24(16)28-17(2)25(30)29-27-15-23-21-9-5-3-7-18(21)14-19-8-4-6-10-22(19)23/h3-15,17,28H,1-2H3,(H,29,30)/b27-15+. The fraction of sp³-hybridized carbons (Fsp3) is 0.120. The Morgan fingerprint density at radius 2 is 1.60 bits per heavy atom. The molecule has 4 aromatic carbocycles. The zero-order chi connectivity index (χ0) is 21.1. The van der Waals surface area contributed by atoms with Gasteiger partial charge in [-0.2, -0.15) is 5.10 Å². The van der Waals surface area contributed by atoms with Crippen molar-refractivity contribution >= 4 is 51.0 Å². The molecule has 2 N–H and O–H groups in total. The number of carbonyl (C=O) groups excluding carboxylic acids is 1. The van der Waals surface area contributed by atoms with E-state index in [9.17, 15) is 4.79 Å². The molecular weight excluding hydrogens is 394 g/mol. The van der Waals surface area contributed by atoms with Gasteiger partial charge in [-0.15, -0.1) is 0 Å². The van der Waals surface area contributed by atoms with Crippen molar-refractivity contribution in [3.8, 4) is 0 Å². The van der Waals surface area contributed by atoms with E-state index in [0.717, 1.165) is 38.4 Å². The Morgan fingerprint density at radius 1 is 0.967 bits per heavy atom. The lowest BCUT2D eigenvalue weighted by Gasteiger charge is -2.15. The van der Waals surface area contributed by atoms with Gasteiger partial charge in [-0.05, 0) is 65.2 Å². The van der Waals surface area contributed by atoms with Crippen molar-refractivity contribution in [2.75, 3.05) is 5.32 Å². The summed E-state index contributed by atoms with van der Waals surface area (Å²) in [5.74, 6) is -0.217. The average Bonchev–Trinajstić information content (AvgIpc) is 2.75. The molecule has 30 heavy (non-hydrogen) atoms. The van der Waals surface area contributed by atoms with Crippen molar-refractivity contribution in [2.24, 2.45) is 5.10 Å². The third-order valence-corrected chi connectivity index (χ3v) is 5.37. The number of aryl methyl sites for hydroxylation is 1. The number of benzene rings is 4. The molecule has 0 spiro atoms. The van der Waals surface area contributed by atoms with Crippen LogP contribution in [0.1, 0.15) is 18.1 Å². The molecule has 0 aliphatic carbocycles. The van der Waals surface area contributed by atoms with Gasteiger partial charge in [0.15, 0.2) is 0 Å². The summed E-state index contributed by atoms with van der Waals surface area (Å²) < 4.78 is 0. The normalized spacial score (nSPS) is 12.4. The maximum Gasteiger partial charge on any atom is 0.262 e. The Kier molecular flexibility index (Phi) is 5.68. The molecule has 1 unspecified atom stereocenters. The van der Waals surface area contributed by atoms with E-state index in [0.29, 0.717) is 5.02 Å². The van der Waals surface area contributed by atoms with Gasteiger partial charge < -0.3 is 5.32 Å². The second kappa shape index (κ2) is 8.56. The van der Waals surface area contributed by atoms with E-state index in [1.165, 1.54) is 0 Å². The minimum Gasteiger partial charge on any atom is -0.374 e. The highest BCUT2D eigenvalue weighted by Gasteiger charge is 2.13. The first-order valence-corrected chi connectivity index (χ1v) is 10.2. The van der Waals surface area contributed by atoms with Gasteiger partial charge >= 0.3 is 0 Å². The molecule has 5 heteroatoms. The van der Waals surface area contributed by atoms with Crippen LogP contribution in [0.3, 0.4) is 0 Å². The van der Waals surface area contributed by atoms with Crippen LogP contribution in [-0.4, -0.2) is 18.2 Å². The maximum atomic E-state index is 12.5. The third-order valence-electron chi connectivity index (χ3n) is 5.14. The number of hydrogen-bond donors (Lipinski definition) is 2. The van der Waals surface area contributed by atoms with Crippen molar-refractivity contribution in [3.63, 3.8) is 0 Å². The van der Waals surface area contributed by atoms with Gasteiger partial charge in [0, 0.05) is 16.3 Å². The number of rotatable bonds is 5. The Hall–Kier alpha value is -3.37. The van der Waals surface area contributed by atoms with Gasteiger partial charge in [0.05, 0.1) is 6.21 Å². The number of fused-ring (bicyclic) bond motifs is 2. The fourth-order valence-electron chi connectivity index (χ4n) is 3.53. The minimum absolute atomic E-state index is 0.217. The predicted octanol–water partition coefficient (Wildman–Crippen LogP) is 5.91. The van der Waals surface area contributed by atoms with Crippen LogP contribution in [0.15, 0.2) is 77.9 Å². The van der Waals surface area contributed by atoms with Crippen LogP contribution in [0.2, 0.25) is 5.02 Å². The van der Waals surface area contributed by atoms with Gasteiger partial charge in [-0.1, -0.05) is 60.1 Å². The van der Waals surface area contributed by atoms with E-state index in [1.807, 2.05) is 43.3 Å². The van der Waals surface area contributed by atoms with Crippen molar-refractivity contribution in [2.45, 2.75) is 19.9 Å². The second-order valence-electron chi connectivity index (χ2n) is 7.29. The van der Waals surface area contributed by atoms with Gasteiger partial charge in [0.25, 0.3) is 5.91 Å². The fourth-order valence-corrected chi connectivity index (χ4v) is 3.76. The van der Waals surface area contributed by atoms with Crippen LogP contribution in [0, 0.1) is 6.92 Å². The molecule has 4 aromatic rings. The molecule has 0 bridgehead atoms. The van der Waals surface area contributed by atoms with E-state index >= 15 is 0 Å². The lowest BCUT2D eigenvalue weighted by atomic mass is 9.97. The molecule has 150 valence electrons. The lowest BCUT2D eigenvalue weighted by molar-refractivity contribution is -0.121. The molecule has 1 atom stereocenters. The first-order valence-electron chi connectivity index (χ1n) is 9.79. The largest absolute Gasteiger partial charge is 0.374 e. The molecule has 0 aliphatic rings. The summed E-state index contributed by atoms with van der Waals surface area (Å²) >= 11 is 6.00. The molecule has 0 aromatic heterocycles. The summed E-state index contributed by atoms with van der Waals surface area (Å²) in [5, 5.41) is 12.6. The molecule has 0 radical (unpaired) electrons. The first kappa shape index (κ1) is 19.9. The number of amides is 1. The summed E-state index contributed by atoms with van der Waals surface area (Å²) in [6, 6.07) is 23.6. The number of carbonyl (C=O) groups is 1. The second-order valence-corrected chi connectivity index (χ2v) is 7.73. The van der Waals surface area contributed by atoms with Crippen LogP contribution in [0.4, 0.5) is 5.69 Å². The number of nitrogens with zero attached hydrogens (tertiary/aromatic N) is 1. The summed E-state index contributed by atoms with van der Waals surface area (Å²) in [5.41, 5.74) is 5.48. The molecule has 1 amide bonds. The Bertz CT molecular complexity index is 1210. The van der Waals surface area contributed by atoms with Gasteiger partial charge in [0.1, 0.15) is 6.04 Å². The van der Waals surface area contributed by atoms with Crippen LogP contribution >= 0.6 is 11.6 Å². The molecule has 0 saturated carbocycles. The van der Waals surface area contributed by atoms with E-state index in [1.54, 1.807) is 19.2 Å². The summed E-state index contributed by atoms with van der Waals surface area (Å²) in [6.07, 6.45) is 1.73.